The van der Waals surface area contributed by atoms with E-state index in [0.29, 0.717) is 12.3 Å². The number of nitro groups is 1. The maximum Gasteiger partial charge on any atom is 0.270 e. The smallest absolute Gasteiger partial charge is 0.270 e. The summed E-state index contributed by atoms with van der Waals surface area (Å²) in [4.78, 5) is 9.91. The minimum atomic E-state index is -0.536. The highest BCUT2D eigenvalue weighted by molar-refractivity contribution is 6.18. The molecule has 0 aliphatic heterocycles. The van der Waals surface area contributed by atoms with Crippen LogP contribution in [0.4, 0.5) is 5.69 Å². The van der Waals surface area contributed by atoms with Crippen molar-refractivity contribution in [3.8, 4) is 17.6 Å². The van der Waals surface area contributed by atoms with Crippen LogP contribution in [-0.4, -0.2) is 15.9 Å². The third-order valence-corrected chi connectivity index (χ3v) is 1.82. The molecule has 1 rings (SSSR count). The van der Waals surface area contributed by atoms with Gasteiger partial charge in [-0.2, -0.15) is 0 Å². The van der Waals surface area contributed by atoms with Crippen LogP contribution in [0, 0.1) is 22.0 Å². The van der Waals surface area contributed by atoms with Gasteiger partial charge in [-0.25, -0.2) is 0 Å². The lowest BCUT2D eigenvalue weighted by atomic mass is 10.2. The van der Waals surface area contributed by atoms with E-state index in [-0.39, 0.29) is 17.0 Å². The summed E-state index contributed by atoms with van der Waals surface area (Å²) in [5, 5.41) is 19.8. The van der Waals surface area contributed by atoms with Crippen LogP contribution >= 0.6 is 11.6 Å². The normalized spacial score (nSPS) is 9.13. The minimum absolute atomic E-state index is 0.0670. The maximum atomic E-state index is 10.4. The summed E-state index contributed by atoms with van der Waals surface area (Å²) in [6.07, 6.45) is 0.476. The van der Waals surface area contributed by atoms with Crippen molar-refractivity contribution >= 4 is 17.3 Å². The third kappa shape index (κ3) is 3.15. The average Bonchev–Trinajstić information content (AvgIpc) is 2.20. The number of nitrogens with zero attached hydrogens (tertiary/aromatic N) is 1. The molecule has 1 aromatic carbocycles. The Kier molecular flexibility index (Phi) is 3.95. The van der Waals surface area contributed by atoms with Gasteiger partial charge in [-0.05, 0) is 6.07 Å². The molecule has 0 fully saturated rings. The zero-order valence-electron chi connectivity index (χ0n) is 7.74. The summed E-state index contributed by atoms with van der Waals surface area (Å²) in [6.45, 7) is 0. The summed E-state index contributed by atoms with van der Waals surface area (Å²) in [6, 6.07) is 3.71. The zero-order chi connectivity index (χ0) is 11.3. The van der Waals surface area contributed by atoms with E-state index in [1.807, 2.05) is 0 Å². The van der Waals surface area contributed by atoms with Crippen LogP contribution in [0.25, 0.3) is 0 Å². The number of phenolic OH excluding ortho intramolecular Hbond substituents is 1. The van der Waals surface area contributed by atoms with Crippen molar-refractivity contribution < 1.29 is 10.0 Å². The summed E-state index contributed by atoms with van der Waals surface area (Å²) in [5.74, 6) is 5.64. The van der Waals surface area contributed by atoms with Gasteiger partial charge in [-0.15, -0.1) is 11.6 Å². The molecule has 1 N–H and O–H groups in total. The summed E-state index contributed by atoms with van der Waals surface area (Å²) in [5.41, 5.74) is 0.150. The largest absolute Gasteiger partial charge is 0.507 e. The number of non-ortho nitro benzene ring substituents is 1. The molecule has 0 radical (unpaired) electrons. The van der Waals surface area contributed by atoms with Crippen molar-refractivity contribution in [2.24, 2.45) is 0 Å². The fourth-order valence-corrected chi connectivity index (χ4v) is 1.04. The number of halogens is 1. The summed E-state index contributed by atoms with van der Waals surface area (Å²) in [7, 11) is 0. The molecule has 0 aliphatic rings. The quantitative estimate of drug-likeness (QED) is 0.364. The van der Waals surface area contributed by atoms with Crippen LogP contribution in [0.3, 0.4) is 0 Å². The van der Waals surface area contributed by atoms with Crippen molar-refractivity contribution in [2.75, 3.05) is 5.88 Å². The molecule has 0 aliphatic carbocycles. The Hall–Kier alpha value is -1.73. The fourth-order valence-electron chi connectivity index (χ4n) is 0.943. The van der Waals surface area contributed by atoms with Crippen molar-refractivity contribution in [3.63, 3.8) is 0 Å². The molecule has 0 unspecified atom stereocenters. The Labute approximate surface area is 91.6 Å². The van der Waals surface area contributed by atoms with Gasteiger partial charge < -0.3 is 5.11 Å². The first-order valence-electron chi connectivity index (χ1n) is 4.17. The highest BCUT2D eigenvalue weighted by Gasteiger charge is 2.08. The first-order chi connectivity index (χ1) is 7.15. The van der Waals surface area contributed by atoms with E-state index in [9.17, 15) is 15.2 Å². The molecule has 0 spiro atoms. The molecule has 0 aromatic heterocycles. The molecule has 1 aromatic rings. The van der Waals surface area contributed by atoms with Gasteiger partial charge in [0.1, 0.15) is 5.75 Å². The number of aromatic hydroxyl groups is 1. The van der Waals surface area contributed by atoms with E-state index in [2.05, 4.69) is 11.8 Å². The van der Waals surface area contributed by atoms with E-state index in [1.165, 1.54) is 18.2 Å². The molecule has 0 amide bonds. The van der Waals surface area contributed by atoms with Crippen molar-refractivity contribution in [1.82, 2.24) is 0 Å². The van der Waals surface area contributed by atoms with Gasteiger partial charge in [0, 0.05) is 24.4 Å². The van der Waals surface area contributed by atoms with Gasteiger partial charge in [-0.3, -0.25) is 10.1 Å². The minimum Gasteiger partial charge on any atom is -0.507 e. The van der Waals surface area contributed by atoms with Crippen molar-refractivity contribution in [3.05, 3.63) is 33.9 Å². The Morgan fingerprint density at radius 1 is 1.53 bits per heavy atom. The number of phenols is 1. The summed E-state index contributed by atoms with van der Waals surface area (Å²) >= 11 is 5.42. The predicted octanol–water partition coefficient (Wildman–Crippen LogP) is 2.28. The number of hydrogen-bond acceptors (Lipinski definition) is 3. The third-order valence-electron chi connectivity index (χ3n) is 1.63. The molecule has 4 nitrogen and oxygen atoms in total. The first-order valence-corrected chi connectivity index (χ1v) is 4.71. The Morgan fingerprint density at radius 2 is 2.27 bits per heavy atom. The second kappa shape index (κ2) is 5.23. The number of alkyl halides is 1. The molecular formula is C10H8ClNO3. The molecule has 0 atom stereocenters. The molecule has 0 saturated carbocycles. The van der Waals surface area contributed by atoms with Crippen LogP contribution in [0.2, 0.25) is 0 Å². The number of rotatable bonds is 2. The zero-order valence-corrected chi connectivity index (χ0v) is 8.49. The molecule has 5 heteroatoms. The van der Waals surface area contributed by atoms with Crippen molar-refractivity contribution in [1.29, 1.82) is 0 Å². The van der Waals surface area contributed by atoms with E-state index in [0.717, 1.165) is 0 Å². The van der Waals surface area contributed by atoms with Crippen LogP contribution in [0.15, 0.2) is 18.2 Å². The van der Waals surface area contributed by atoms with E-state index in [4.69, 9.17) is 11.6 Å². The van der Waals surface area contributed by atoms with E-state index in [1.54, 1.807) is 0 Å². The highest BCUT2D eigenvalue weighted by atomic mass is 35.5. The Bertz CT molecular complexity index is 434. The van der Waals surface area contributed by atoms with Gasteiger partial charge in [0.05, 0.1) is 10.5 Å². The van der Waals surface area contributed by atoms with Crippen LogP contribution in [0.1, 0.15) is 12.0 Å². The maximum absolute atomic E-state index is 10.4. The number of hydrogen-bond donors (Lipinski definition) is 1. The van der Waals surface area contributed by atoms with Gasteiger partial charge in [0.25, 0.3) is 5.69 Å². The molecule has 78 valence electrons. The van der Waals surface area contributed by atoms with Gasteiger partial charge >= 0.3 is 0 Å². The summed E-state index contributed by atoms with van der Waals surface area (Å²) < 4.78 is 0. The SMILES string of the molecule is O=[N+]([O-])c1ccc(O)c(C#CCCCl)c1. The Morgan fingerprint density at radius 3 is 2.87 bits per heavy atom. The predicted molar refractivity (Wildman–Crippen MR) is 57.0 cm³/mol. The molecule has 0 heterocycles. The van der Waals surface area contributed by atoms with Crippen LogP contribution in [0.5, 0.6) is 5.75 Å². The second-order valence-corrected chi connectivity index (χ2v) is 3.08. The first kappa shape index (κ1) is 11.3. The number of benzene rings is 1. The fraction of sp³-hybridized carbons (Fsp3) is 0.200. The van der Waals surface area contributed by atoms with Crippen molar-refractivity contribution in [2.45, 2.75) is 6.42 Å². The lowest BCUT2D eigenvalue weighted by molar-refractivity contribution is -0.384. The van der Waals surface area contributed by atoms with E-state index < -0.39 is 4.92 Å². The molecule has 15 heavy (non-hydrogen) atoms. The highest BCUT2D eigenvalue weighted by Crippen LogP contribution is 2.21. The van der Waals surface area contributed by atoms with Crippen LogP contribution in [-0.2, 0) is 0 Å². The van der Waals surface area contributed by atoms with E-state index >= 15 is 0 Å². The Balaban J connectivity index is 3.02. The van der Waals surface area contributed by atoms with Crippen LogP contribution < -0.4 is 0 Å². The lowest BCUT2D eigenvalue weighted by Crippen LogP contribution is -1.88. The molecule has 0 saturated heterocycles. The van der Waals surface area contributed by atoms with Gasteiger partial charge in [0.15, 0.2) is 0 Å². The second-order valence-electron chi connectivity index (χ2n) is 2.70. The lowest BCUT2D eigenvalue weighted by Gasteiger charge is -1.96. The van der Waals surface area contributed by atoms with Gasteiger partial charge in [-0.1, -0.05) is 11.8 Å². The standard InChI is InChI=1S/C10H8ClNO3/c11-6-2-1-3-8-7-9(12(14)15)4-5-10(8)13/h4-5,7,13H,2,6H2. The monoisotopic (exact) mass is 225 g/mol. The van der Waals surface area contributed by atoms with Gasteiger partial charge in [0.2, 0.25) is 0 Å². The molecule has 0 bridgehead atoms. The molecular weight excluding hydrogens is 218 g/mol. The number of nitro benzene ring substituents is 1. The topological polar surface area (TPSA) is 63.4 Å². The average molecular weight is 226 g/mol.